The van der Waals surface area contributed by atoms with Crippen molar-refractivity contribution in [3.05, 3.63) is 73.1 Å². The third kappa shape index (κ3) is 6.58. The molecule has 2 aromatic carbocycles. The van der Waals surface area contributed by atoms with Crippen LogP contribution in [0.5, 0.6) is 0 Å². The van der Waals surface area contributed by atoms with Crippen LogP contribution in [-0.2, 0) is 0 Å². The van der Waals surface area contributed by atoms with Gasteiger partial charge < -0.3 is 15.5 Å². The molecule has 5 heteroatoms. The molecule has 1 aliphatic rings. The molecule has 2 heterocycles. The molecule has 1 aliphatic heterocycles. The first-order chi connectivity index (χ1) is 16.2. The van der Waals surface area contributed by atoms with Crippen molar-refractivity contribution in [1.29, 1.82) is 0 Å². The normalized spacial score (nSPS) is 13.5. The van der Waals surface area contributed by atoms with Crippen molar-refractivity contribution < 1.29 is 0 Å². The first-order valence-corrected chi connectivity index (χ1v) is 12.2. The van der Waals surface area contributed by atoms with Crippen LogP contribution in [0.4, 0.5) is 23.0 Å². The van der Waals surface area contributed by atoms with E-state index in [9.17, 15) is 0 Å². The second-order valence-electron chi connectivity index (χ2n) is 8.75. The Balaban J connectivity index is 1.37. The molecule has 0 saturated carbocycles. The van der Waals surface area contributed by atoms with E-state index in [1.807, 2.05) is 6.07 Å². The lowest BCUT2D eigenvalue weighted by Crippen LogP contribution is -2.29. The molecule has 172 valence electrons. The van der Waals surface area contributed by atoms with Gasteiger partial charge in [-0.05, 0) is 74.6 Å². The minimum Gasteiger partial charge on any atom is -0.372 e. The highest BCUT2D eigenvalue weighted by Gasteiger charge is 2.11. The molecule has 4 rings (SSSR count). The average Bonchev–Trinajstić information content (AvgIpc) is 2.86. The Bertz CT molecular complexity index is 1020. The van der Waals surface area contributed by atoms with Gasteiger partial charge in [0.15, 0.2) is 0 Å². The molecule has 3 aromatic rings. The van der Waals surface area contributed by atoms with E-state index in [2.05, 4.69) is 82.6 Å². The quantitative estimate of drug-likeness (QED) is 0.321. The van der Waals surface area contributed by atoms with Gasteiger partial charge in [0, 0.05) is 47.6 Å². The zero-order chi connectivity index (χ0) is 22.9. The van der Waals surface area contributed by atoms with Crippen LogP contribution in [0.25, 0.3) is 11.3 Å². The van der Waals surface area contributed by atoms with Gasteiger partial charge in [-0.15, -0.1) is 0 Å². The van der Waals surface area contributed by atoms with Crippen LogP contribution in [0, 0.1) is 0 Å². The van der Waals surface area contributed by atoms with Crippen LogP contribution in [0.15, 0.2) is 73.1 Å². The number of nitrogens with one attached hydrogen (secondary N) is 2. The number of piperidine rings is 1. The summed E-state index contributed by atoms with van der Waals surface area (Å²) in [6.45, 7) is 8.66. The van der Waals surface area contributed by atoms with E-state index in [0.29, 0.717) is 5.95 Å². The molecule has 0 radical (unpaired) electrons. The molecular formula is C28H35N5. The van der Waals surface area contributed by atoms with E-state index in [0.717, 1.165) is 47.8 Å². The topological polar surface area (TPSA) is 53.1 Å². The van der Waals surface area contributed by atoms with Gasteiger partial charge in [0.05, 0.1) is 5.69 Å². The fourth-order valence-electron chi connectivity index (χ4n) is 4.20. The van der Waals surface area contributed by atoms with Crippen molar-refractivity contribution in [2.75, 3.05) is 28.6 Å². The molecule has 0 aliphatic carbocycles. The monoisotopic (exact) mass is 441 g/mol. The third-order valence-electron chi connectivity index (χ3n) is 6.08. The van der Waals surface area contributed by atoms with Crippen LogP contribution in [0.2, 0.25) is 0 Å². The lowest BCUT2D eigenvalue weighted by atomic mass is 10.1. The largest absolute Gasteiger partial charge is 0.372 e. The van der Waals surface area contributed by atoms with Crippen molar-refractivity contribution in [3.63, 3.8) is 0 Å². The van der Waals surface area contributed by atoms with E-state index in [1.165, 1.54) is 44.2 Å². The highest BCUT2D eigenvalue weighted by molar-refractivity contribution is 5.65. The summed E-state index contributed by atoms with van der Waals surface area (Å²) in [7, 11) is 0. The van der Waals surface area contributed by atoms with E-state index < -0.39 is 0 Å². The first-order valence-electron chi connectivity index (χ1n) is 12.2. The van der Waals surface area contributed by atoms with E-state index in [4.69, 9.17) is 4.98 Å². The second kappa shape index (κ2) is 11.5. The molecule has 0 amide bonds. The molecule has 0 bridgehead atoms. The molecule has 5 nitrogen and oxygen atoms in total. The van der Waals surface area contributed by atoms with Gasteiger partial charge in [0.25, 0.3) is 0 Å². The van der Waals surface area contributed by atoms with Gasteiger partial charge in [-0.25, -0.2) is 9.97 Å². The van der Waals surface area contributed by atoms with Crippen molar-refractivity contribution in [1.82, 2.24) is 9.97 Å². The van der Waals surface area contributed by atoms with Gasteiger partial charge in [-0.1, -0.05) is 38.5 Å². The minimum atomic E-state index is 0.602. The van der Waals surface area contributed by atoms with Gasteiger partial charge in [0.1, 0.15) is 0 Å². The SMILES string of the molecule is C=C(CCCCC)Nc1ccc(-c2ccnc(Nc3ccc(N4CCCCC4)cc3)n2)cc1. The summed E-state index contributed by atoms with van der Waals surface area (Å²) in [5.74, 6) is 0.602. The summed E-state index contributed by atoms with van der Waals surface area (Å²) in [5, 5.41) is 6.75. The first kappa shape index (κ1) is 22.8. The van der Waals surface area contributed by atoms with Crippen LogP contribution < -0.4 is 15.5 Å². The second-order valence-corrected chi connectivity index (χ2v) is 8.75. The summed E-state index contributed by atoms with van der Waals surface area (Å²) >= 11 is 0. The smallest absolute Gasteiger partial charge is 0.227 e. The molecule has 0 spiro atoms. The summed E-state index contributed by atoms with van der Waals surface area (Å²) in [4.78, 5) is 11.6. The molecule has 1 aromatic heterocycles. The lowest BCUT2D eigenvalue weighted by Gasteiger charge is -2.28. The van der Waals surface area contributed by atoms with Crippen molar-refractivity contribution in [2.45, 2.75) is 51.9 Å². The molecule has 33 heavy (non-hydrogen) atoms. The van der Waals surface area contributed by atoms with Gasteiger partial charge in [-0.2, -0.15) is 0 Å². The number of nitrogens with zero attached hydrogens (tertiary/aromatic N) is 3. The number of allylic oxidation sites excluding steroid dienone is 1. The molecule has 0 atom stereocenters. The summed E-state index contributed by atoms with van der Waals surface area (Å²) in [6, 6.07) is 18.8. The number of aromatic nitrogens is 2. The molecule has 1 saturated heterocycles. The van der Waals surface area contributed by atoms with Crippen molar-refractivity contribution >= 4 is 23.0 Å². The maximum Gasteiger partial charge on any atom is 0.227 e. The Kier molecular flexibility index (Phi) is 7.96. The minimum absolute atomic E-state index is 0.602. The van der Waals surface area contributed by atoms with Crippen molar-refractivity contribution in [3.8, 4) is 11.3 Å². The average molecular weight is 442 g/mol. The van der Waals surface area contributed by atoms with E-state index >= 15 is 0 Å². The Morgan fingerprint density at radius 3 is 2.36 bits per heavy atom. The number of hydrogen-bond acceptors (Lipinski definition) is 5. The van der Waals surface area contributed by atoms with Crippen molar-refractivity contribution in [2.24, 2.45) is 0 Å². The fraction of sp³-hybridized carbons (Fsp3) is 0.357. The molecule has 1 fully saturated rings. The summed E-state index contributed by atoms with van der Waals surface area (Å²) in [6.07, 6.45) is 10.4. The zero-order valence-electron chi connectivity index (χ0n) is 19.7. The highest BCUT2D eigenvalue weighted by atomic mass is 15.1. The summed E-state index contributed by atoms with van der Waals surface area (Å²) < 4.78 is 0. The number of benzene rings is 2. The number of unbranched alkanes of at least 4 members (excludes halogenated alkanes) is 2. The van der Waals surface area contributed by atoms with Crippen LogP contribution in [0.3, 0.4) is 0 Å². The number of rotatable bonds is 10. The highest BCUT2D eigenvalue weighted by Crippen LogP contribution is 2.25. The van der Waals surface area contributed by atoms with Gasteiger partial charge in [-0.3, -0.25) is 0 Å². The molecule has 2 N–H and O–H groups in total. The van der Waals surface area contributed by atoms with Gasteiger partial charge >= 0.3 is 0 Å². The molecule has 0 unspecified atom stereocenters. The third-order valence-corrected chi connectivity index (χ3v) is 6.08. The maximum absolute atomic E-state index is 4.72. The Morgan fingerprint density at radius 1 is 0.909 bits per heavy atom. The Labute approximate surface area is 198 Å². The van der Waals surface area contributed by atoms with Gasteiger partial charge in [0.2, 0.25) is 5.95 Å². The standard InChI is InChI=1S/C28H35N5/c1-3-4-6-9-22(2)30-24-12-10-23(11-13-24)27-18-19-29-28(32-27)31-25-14-16-26(17-15-25)33-20-7-5-8-21-33/h10-19,30H,2-9,20-21H2,1H3,(H,29,31,32). The summed E-state index contributed by atoms with van der Waals surface area (Å²) in [5.41, 5.74) is 6.36. The van der Waals surface area contributed by atoms with Crippen LogP contribution in [0.1, 0.15) is 51.9 Å². The molecular weight excluding hydrogens is 406 g/mol. The lowest BCUT2D eigenvalue weighted by molar-refractivity contribution is 0.578. The fourth-order valence-corrected chi connectivity index (χ4v) is 4.20. The Morgan fingerprint density at radius 2 is 1.64 bits per heavy atom. The maximum atomic E-state index is 4.72. The predicted molar refractivity (Wildman–Crippen MR) is 140 cm³/mol. The predicted octanol–water partition coefficient (Wildman–Crippen LogP) is 7.38. The Hall–Kier alpha value is -3.34. The van der Waals surface area contributed by atoms with Crippen LogP contribution in [-0.4, -0.2) is 23.1 Å². The van der Waals surface area contributed by atoms with E-state index in [1.54, 1.807) is 6.20 Å². The van der Waals surface area contributed by atoms with Crippen LogP contribution >= 0.6 is 0 Å². The van der Waals surface area contributed by atoms with E-state index in [-0.39, 0.29) is 0 Å². The number of hydrogen-bond donors (Lipinski definition) is 2. The number of anilines is 4. The zero-order valence-corrected chi connectivity index (χ0v) is 19.7.